The van der Waals surface area contributed by atoms with Gasteiger partial charge in [0.25, 0.3) is 0 Å². The zero-order valence-electron chi connectivity index (χ0n) is 13.2. The number of ether oxygens (including phenoxy) is 1. The summed E-state index contributed by atoms with van der Waals surface area (Å²) in [6.07, 6.45) is 9.64. The Hall–Kier alpha value is -1.64. The van der Waals surface area contributed by atoms with Crippen LogP contribution in [0.15, 0.2) is 61.2 Å². The topological polar surface area (TPSA) is 29.5 Å². The molecule has 0 spiro atoms. The van der Waals surface area contributed by atoms with Crippen molar-refractivity contribution in [3.05, 3.63) is 66.8 Å². The highest BCUT2D eigenvalue weighted by molar-refractivity contribution is 5.48. The molecule has 2 atom stereocenters. The first-order chi connectivity index (χ1) is 10.7. The Morgan fingerprint density at radius 1 is 1.32 bits per heavy atom. The van der Waals surface area contributed by atoms with Crippen LogP contribution in [0.1, 0.15) is 31.2 Å². The number of benzene rings is 1. The lowest BCUT2D eigenvalue weighted by atomic mass is 9.72. The van der Waals surface area contributed by atoms with Crippen LogP contribution in [-0.2, 0) is 4.74 Å². The van der Waals surface area contributed by atoms with E-state index in [9.17, 15) is 5.11 Å². The van der Waals surface area contributed by atoms with Crippen molar-refractivity contribution in [1.29, 1.82) is 0 Å². The van der Waals surface area contributed by atoms with E-state index in [4.69, 9.17) is 4.74 Å². The fraction of sp³-hybridized carbons (Fsp3) is 0.400. The highest BCUT2D eigenvalue weighted by Crippen LogP contribution is 2.38. The molecule has 0 heterocycles. The first-order valence-corrected chi connectivity index (χ1v) is 7.99. The van der Waals surface area contributed by atoms with E-state index in [1.165, 1.54) is 5.56 Å². The minimum Gasteiger partial charge on any atom is -0.385 e. The molecular formula is C20H26O2. The van der Waals surface area contributed by atoms with Crippen molar-refractivity contribution in [2.24, 2.45) is 5.92 Å². The van der Waals surface area contributed by atoms with Crippen LogP contribution in [-0.4, -0.2) is 23.9 Å². The summed E-state index contributed by atoms with van der Waals surface area (Å²) in [5.41, 5.74) is 1.33. The molecule has 2 unspecified atom stereocenters. The van der Waals surface area contributed by atoms with Gasteiger partial charge in [-0.25, -0.2) is 0 Å². The fourth-order valence-corrected chi connectivity index (χ4v) is 3.09. The zero-order valence-corrected chi connectivity index (χ0v) is 13.2. The number of hydrogen-bond acceptors (Lipinski definition) is 2. The van der Waals surface area contributed by atoms with Crippen molar-refractivity contribution in [3.63, 3.8) is 0 Å². The van der Waals surface area contributed by atoms with Gasteiger partial charge in [-0.05, 0) is 24.0 Å². The molecule has 2 heteroatoms. The van der Waals surface area contributed by atoms with Gasteiger partial charge in [0.05, 0.1) is 18.8 Å². The van der Waals surface area contributed by atoms with Crippen LogP contribution in [0.3, 0.4) is 0 Å². The van der Waals surface area contributed by atoms with Gasteiger partial charge in [0.2, 0.25) is 0 Å². The van der Waals surface area contributed by atoms with Crippen LogP contribution in [0.4, 0.5) is 0 Å². The van der Waals surface area contributed by atoms with E-state index in [0.717, 1.165) is 31.3 Å². The Morgan fingerprint density at radius 3 is 2.82 bits per heavy atom. The molecule has 0 aliphatic heterocycles. The Morgan fingerprint density at radius 2 is 2.09 bits per heavy atom. The van der Waals surface area contributed by atoms with Crippen LogP contribution in [0.25, 0.3) is 6.08 Å². The van der Waals surface area contributed by atoms with Crippen LogP contribution >= 0.6 is 0 Å². The quantitative estimate of drug-likeness (QED) is 0.598. The average molecular weight is 298 g/mol. The van der Waals surface area contributed by atoms with Crippen molar-refractivity contribution in [2.75, 3.05) is 13.2 Å². The number of rotatable bonds is 7. The molecule has 1 aliphatic rings. The predicted octanol–water partition coefficient (Wildman–Crippen LogP) is 4.38. The van der Waals surface area contributed by atoms with Crippen LogP contribution in [0, 0.1) is 5.92 Å². The largest absolute Gasteiger partial charge is 0.385 e. The van der Waals surface area contributed by atoms with Crippen molar-refractivity contribution in [2.45, 2.75) is 31.3 Å². The molecule has 22 heavy (non-hydrogen) atoms. The average Bonchev–Trinajstić information content (AvgIpc) is 2.55. The number of hydrogen-bond donors (Lipinski definition) is 1. The normalized spacial score (nSPS) is 25.2. The summed E-state index contributed by atoms with van der Waals surface area (Å²) in [6, 6.07) is 10.1. The Bertz CT molecular complexity index is 518. The molecule has 2 nitrogen and oxygen atoms in total. The summed E-state index contributed by atoms with van der Waals surface area (Å²) in [7, 11) is 0. The van der Waals surface area contributed by atoms with Gasteiger partial charge in [-0.3, -0.25) is 0 Å². The van der Waals surface area contributed by atoms with E-state index in [0.29, 0.717) is 13.2 Å². The molecule has 0 aromatic heterocycles. The highest BCUT2D eigenvalue weighted by atomic mass is 16.5. The van der Waals surface area contributed by atoms with E-state index in [1.807, 2.05) is 30.4 Å². The summed E-state index contributed by atoms with van der Waals surface area (Å²) < 4.78 is 5.68. The second-order valence-electron chi connectivity index (χ2n) is 5.98. The third kappa shape index (κ3) is 4.43. The standard InChI is InChI=1S/C20H26O2/c1-3-20(21)14-8-7-13-19(20)17(2)16-22-15-9-12-18-10-5-4-6-11-18/h3-6,9-12,19,21H,1-2,7-8,13-16H2/b12-9+. The van der Waals surface area contributed by atoms with E-state index in [2.05, 4.69) is 25.3 Å². The molecule has 1 saturated carbocycles. The van der Waals surface area contributed by atoms with Crippen LogP contribution in [0.5, 0.6) is 0 Å². The summed E-state index contributed by atoms with van der Waals surface area (Å²) >= 11 is 0. The molecule has 0 radical (unpaired) electrons. The smallest absolute Gasteiger partial charge is 0.0890 e. The Labute approximate surface area is 133 Å². The maximum atomic E-state index is 10.6. The molecule has 2 rings (SSSR count). The van der Waals surface area contributed by atoms with Gasteiger partial charge in [-0.2, -0.15) is 0 Å². The van der Waals surface area contributed by atoms with Crippen LogP contribution < -0.4 is 0 Å². The van der Waals surface area contributed by atoms with Gasteiger partial charge in [0.1, 0.15) is 0 Å². The molecule has 118 valence electrons. The maximum absolute atomic E-state index is 10.6. The third-order valence-corrected chi connectivity index (χ3v) is 4.38. The second kappa shape index (κ2) is 8.11. The van der Waals surface area contributed by atoms with Gasteiger partial charge < -0.3 is 9.84 Å². The van der Waals surface area contributed by atoms with Crippen molar-refractivity contribution >= 4 is 6.08 Å². The molecule has 1 aliphatic carbocycles. The van der Waals surface area contributed by atoms with E-state index in [1.54, 1.807) is 6.08 Å². The third-order valence-electron chi connectivity index (χ3n) is 4.38. The first kappa shape index (κ1) is 16.7. The molecule has 1 aromatic carbocycles. The van der Waals surface area contributed by atoms with Crippen molar-refractivity contribution < 1.29 is 9.84 Å². The van der Waals surface area contributed by atoms with E-state index >= 15 is 0 Å². The number of aliphatic hydroxyl groups is 1. The molecule has 1 N–H and O–H groups in total. The molecule has 0 saturated heterocycles. The molecule has 0 amide bonds. The van der Waals surface area contributed by atoms with Crippen LogP contribution in [0.2, 0.25) is 0 Å². The Kier molecular flexibility index (Phi) is 6.17. The van der Waals surface area contributed by atoms with Gasteiger partial charge in [0.15, 0.2) is 0 Å². The van der Waals surface area contributed by atoms with E-state index < -0.39 is 5.60 Å². The minimum atomic E-state index is -0.807. The summed E-state index contributed by atoms with van der Waals surface area (Å²) in [4.78, 5) is 0. The summed E-state index contributed by atoms with van der Waals surface area (Å²) in [6.45, 7) is 8.94. The van der Waals surface area contributed by atoms with Gasteiger partial charge in [-0.1, -0.05) is 68.0 Å². The summed E-state index contributed by atoms with van der Waals surface area (Å²) in [5.74, 6) is 0.0665. The second-order valence-corrected chi connectivity index (χ2v) is 5.98. The maximum Gasteiger partial charge on any atom is 0.0890 e. The minimum absolute atomic E-state index is 0.0665. The van der Waals surface area contributed by atoms with Gasteiger partial charge >= 0.3 is 0 Å². The molecule has 1 aromatic rings. The Balaban J connectivity index is 1.78. The lowest BCUT2D eigenvalue weighted by molar-refractivity contribution is 0.00526. The lowest BCUT2D eigenvalue weighted by Crippen LogP contribution is -2.40. The van der Waals surface area contributed by atoms with E-state index in [-0.39, 0.29) is 5.92 Å². The predicted molar refractivity (Wildman–Crippen MR) is 92.5 cm³/mol. The lowest BCUT2D eigenvalue weighted by Gasteiger charge is -2.38. The van der Waals surface area contributed by atoms with Crippen molar-refractivity contribution in [1.82, 2.24) is 0 Å². The SMILES string of the molecule is C=CC1(O)CCCCC1C(=C)COC/C=C/c1ccccc1. The molecular weight excluding hydrogens is 272 g/mol. The molecule has 0 bridgehead atoms. The molecule has 1 fully saturated rings. The van der Waals surface area contributed by atoms with Crippen molar-refractivity contribution in [3.8, 4) is 0 Å². The highest BCUT2D eigenvalue weighted by Gasteiger charge is 2.37. The van der Waals surface area contributed by atoms with Gasteiger partial charge in [0, 0.05) is 5.92 Å². The zero-order chi connectivity index (χ0) is 15.8. The first-order valence-electron chi connectivity index (χ1n) is 7.99. The monoisotopic (exact) mass is 298 g/mol. The fourth-order valence-electron chi connectivity index (χ4n) is 3.09. The summed E-state index contributed by atoms with van der Waals surface area (Å²) in [5, 5.41) is 10.6. The van der Waals surface area contributed by atoms with Gasteiger partial charge in [-0.15, -0.1) is 6.58 Å².